The van der Waals surface area contributed by atoms with Crippen LogP contribution >= 0.6 is 0 Å². The number of ether oxygens (including phenoxy) is 1. The molecule has 1 saturated heterocycles. The molecule has 40 heavy (non-hydrogen) atoms. The van der Waals surface area contributed by atoms with Gasteiger partial charge in [-0.3, -0.25) is 14.6 Å². The maximum atomic E-state index is 13.3. The molecule has 1 unspecified atom stereocenters. The van der Waals surface area contributed by atoms with Crippen LogP contribution in [0.2, 0.25) is 0 Å². The number of amides is 1. The number of rotatable bonds is 9. The van der Waals surface area contributed by atoms with Gasteiger partial charge in [0.1, 0.15) is 11.6 Å². The Morgan fingerprint density at radius 1 is 1.10 bits per heavy atom. The lowest BCUT2D eigenvalue weighted by molar-refractivity contribution is 0.0958. The Bertz CT molecular complexity index is 1410. The Hall–Kier alpha value is -3.68. The van der Waals surface area contributed by atoms with Crippen molar-refractivity contribution in [1.82, 2.24) is 19.7 Å². The van der Waals surface area contributed by atoms with Gasteiger partial charge in [0.05, 0.1) is 18.2 Å². The van der Waals surface area contributed by atoms with Crippen molar-refractivity contribution in [2.24, 2.45) is 5.92 Å². The smallest absolute Gasteiger partial charge is 0.253 e. The topological polar surface area (TPSA) is 49.7 Å². The molecule has 2 aromatic carbocycles. The van der Waals surface area contributed by atoms with Crippen LogP contribution in [-0.4, -0.2) is 66.7 Å². The summed E-state index contributed by atoms with van der Waals surface area (Å²) in [5.74, 6) is 0.948. The van der Waals surface area contributed by atoms with Crippen LogP contribution < -0.4 is 10.1 Å². The van der Waals surface area contributed by atoms with Crippen LogP contribution in [-0.2, 0) is 6.54 Å². The molecule has 1 fully saturated rings. The third kappa shape index (κ3) is 6.90. The van der Waals surface area contributed by atoms with Gasteiger partial charge in [0.15, 0.2) is 0 Å². The summed E-state index contributed by atoms with van der Waals surface area (Å²) in [6.07, 6.45) is 14.7. The van der Waals surface area contributed by atoms with Gasteiger partial charge in [0.2, 0.25) is 0 Å². The molecule has 2 aliphatic rings. The van der Waals surface area contributed by atoms with Crippen LogP contribution in [0.25, 0.3) is 17.1 Å². The maximum absolute atomic E-state index is 13.3. The van der Waals surface area contributed by atoms with Gasteiger partial charge >= 0.3 is 0 Å². The summed E-state index contributed by atoms with van der Waals surface area (Å²) in [6.45, 7) is 8.36. The number of halogens is 1. The number of methoxy groups -OCH3 is 1. The van der Waals surface area contributed by atoms with Crippen molar-refractivity contribution < 1.29 is 13.9 Å². The van der Waals surface area contributed by atoms with Crippen molar-refractivity contribution in [3.05, 3.63) is 95.5 Å². The summed E-state index contributed by atoms with van der Waals surface area (Å²) in [5, 5.41) is 3.97. The van der Waals surface area contributed by atoms with Crippen LogP contribution in [0.4, 0.5) is 4.39 Å². The number of fused-ring (bicyclic) bond motifs is 1. The van der Waals surface area contributed by atoms with E-state index in [1.807, 2.05) is 47.3 Å². The predicted molar refractivity (Wildman–Crippen MR) is 160 cm³/mol. The van der Waals surface area contributed by atoms with E-state index >= 15 is 0 Å². The Morgan fingerprint density at radius 2 is 1.90 bits per heavy atom. The summed E-state index contributed by atoms with van der Waals surface area (Å²) in [7, 11) is 1.66. The van der Waals surface area contributed by atoms with Crippen LogP contribution in [0.5, 0.6) is 5.75 Å². The standard InChI is InChI=1S/C33H39FN4O2/c1-25-7-3-8-27(21-25)22-35-33(39)30-24-38(32-29(30)9-4-10-31(32)40-2)18-6-16-36-15-5-17-37(20-19-36)23-26-11-13-28(34)14-12-26/h3-4,6,8-14,18,21,24-25H,5,7,15-17,19-20,22-23H2,1-2H3,(H,35,39)/b18-6+. The normalized spacial score (nSPS) is 18.7. The van der Waals surface area contributed by atoms with Crippen molar-refractivity contribution in [2.45, 2.75) is 26.3 Å². The van der Waals surface area contributed by atoms with Gasteiger partial charge in [-0.1, -0.05) is 55.5 Å². The summed E-state index contributed by atoms with van der Waals surface area (Å²) in [4.78, 5) is 18.1. The van der Waals surface area contributed by atoms with E-state index in [1.54, 1.807) is 7.11 Å². The molecule has 1 amide bonds. The molecule has 3 aromatic rings. The first-order valence-electron chi connectivity index (χ1n) is 14.2. The molecule has 6 nitrogen and oxygen atoms in total. The van der Waals surface area contributed by atoms with Gasteiger partial charge in [-0.2, -0.15) is 0 Å². The molecule has 1 aliphatic carbocycles. The number of nitrogens with zero attached hydrogens (tertiary/aromatic N) is 3. The maximum Gasteiger partial charge on any atom is 0.253 e. The molecule has 0 radical (unpaired) electrons. The van der Waals surface area contributed by atoms with E-state index in [1.165, 1.54) is 12.1 Å². The zero-order chi connectivity index (χ0) is 27.9. The number of hydrogen-bond acceptors (Lipinski definition) is 4. The van der Waals surface area contributed by atoms with E-state index in [9.17, 15) is 9.18 Å². The van der Waals surface area contributed by atoms with Crippen molar-refractivity contribution in [3.63, 3.8) is 0 Å². The van der Waals surface area contributed by atoms with E-state index in [2.05, 4.69) is 46.3 Å². The third-order valence-corrected chi connectivity index (χ3v) is 7.70. The van der Waals surface area contributed by atoms with Crippen molar-refractivity contribution >= 4 is 23.0 Å². The number of carbonyl (C=O) groups is 1. The predicted octanol–water partition coefficient (Wildman–Crippen LogP) is 5.72. The Kier molecular flexibility index (Phi) is 9.14. The number of nitrogens with one attached hydrogen (secondary N) is 1. The molecule has 0 bridgehead atoms. The van der Waals surface area contributed by atoms with Crippen molar-refractivity contribution in [2.75, 3.05) is 46.4 Å². The molecule has 210 valence electrons. The van der Waals surface area contributed by atoms with Crippen molar-refractivity contribution in [1.29, 1.82) is 0 Å². The summed E-state index contributed by atoms with van der Waals surface area (Å²) in [5.41, 5.74) is 3.81. The molecule has 0 saturated carbocycles. The first-order chi connectivity index (χ1) is 19.5. The molecule has 1 N–H and O–H groups in total. The van der Waals surface area contributed by atoms with Crippen LogP contribution in [0, 0.1) is 11.7 Å². The molecule has 0 spiro atoms. The minimum Gasteiger partial charge on any atom is -0.495 e. The second-order valence-electron chi connectivity index (χ2n) is 10.8. The zero-order valence-electron chi connectivity index (χ0n) is 23.5. The summed E-state index contributed by atoms with van der Waals surface area (Å²) < 4.78 is 20.9. The minimum atomic E-state index is -0.192. The highest BCUT2D eigenvalue weighted by molar-refractivity contribution is 6.09. The highest BCUT2D eigenvalue weighted by Gasteiger charge is 2.18. The lowest BCUT2D eigenvalue weighted by atomic mass is 9.98. The van der Waals surface area contributed by atoms with Crippen LogP contribution in [0.1, 0.15) is 35.7 Å². The molecule has 1 aliphatic heterocycles. The highest BCUT2D eigenvalue weighted by atomic mass is 19.1. The largest absolute Gasteiger partial charge is 0.495 e. The first-order valence-corrected chi connectivity index (χ1v) is 14.2. The number of para-hydroxylation sites is 1. The Labute approximate surface area is 236 Å². The van der Waals surface area contributed by atoms with Gasteiger partial charge in [0, 0.05) is 50.5 Å². The molecule has 7 heteroatoms. The number of benzene rings is 2. The highest BCUT2D eigenvalue weighted by Crippen LogP contribution is 2.30. The van der Waals surface area contributed by atoms with Gasteiger partial charge in [-0.15, -0.1) is 0 Å². The van der Waals surface area contributed by atoms with Gasteiger partial charge < -0.3 is 14.6 Å². The van der Waals surface area contributed by atoms with Crippen molar-refractivity contribution in [3.8, 4) is 5.75 Å². The number of aromatic nitrogens is 1. The number of allylic oxidation sites excluding steroid dienone is 2. The third-order valence-electron chi connectivity index (χ3n) is 7.70. The van der Waals surface area contributed by atoms with Gasteiger partial charge in [-0.25, -0.2) is 4.39 Å². The lowest BCUT2D eigenvalue weighted by Gasteiger charge is -2.21. The average molecular weight is 543 g/mol. The Morgan fingerprint density at radius 3 is 2.70 bits per heavy atom. The van der Waals surface area contributed by atoms with E-state index < -0.39 is 0 Å². The monoisotopic (exact) mass is 542 g/mol. The van der Waals surface area contributed by atoms with E-state index in [-0.39, 0.29) is 11.7 Å². The quantitative estimate of drug-likeness (QED) is 0.376. The first kappa shape index (κ1) is 27.9. The summed E-state index contributed by atoms with van der Waals surface area (Å²) >= 11 is 0. The molecular formula is C33H39FN4O2. The van der Waals surface area contributed by atoms with Gasteiger partial charge in [0.25, 0.3) is 5.91 Å². The molecular weight excluding hydrogens is 503 g/mol. The molecule has 2 heterocycles. The molecule has 5 rings (SSSR count). The van der Waals surface area contributed by atoms with E-state index in [4.69, 9.17) is 4.74 Å². The molecule has 1 atom stereocenters. The second kappa shape index (κ2) is 13.1. The fourth-order valence-corrected chi connectivity index (χ4v) is 5.58. The SMILES string of the molecule is COc1cccc2c(C(=O)NCC3=CC(C)CC=C3)cn(/C=C/CN3CCCN(Cc4ccc(F)cc4)CC3)c12. The van der Waals surface area contributed by atoms with Gasteiger partial charge in [-0.05, 0) is 61.2 Å². The zero-order valence-corrected chi connectivity index (χ0v) is 23.5. The fraction of sp³-hybridized carbons (Fsp3) is 0.364. The minimum absolute atomic E-state index is 0.0910. The summed E-state index contributed by atoms with van der Waals surface area (Å²) in [6, 6.07) is 12.6. The molecule has 1 aromatic heterocycles. The van der Waals surface area contributed by atoms with Crippen LogP contribution in [0.3, 0.4) is 0 Å². The van der Waals surface area contributed by atoms with E-state index in [0.717, 1.165) is 79.9 Å². The average Bonchev–Trinajstić information content (AvgIpc) is 3.19. The lowest BCUT2D eigenvalue weighted by Crippen LogP contribution is -2.30. The van der Waals surface area contributed by atoms with E-state index in [0.29, 0.717) is 18.0 Å². The van der Waals surface area contributed by atoms with Crippen LogP contribution in [0.15, 0.2) is 78.5 Å². The fourth-order valence-electron chi connectivity index (χ4n) is 5.58. The Balaban J connectivity index is 1.24. The second-order valence-corrected chi connectivity index (χ2v) is 10.8. The number of carbonyl (C=O) groups excluding carboxylic acids is 1. The number of hydrogen-bond donors (Lipinski definition) is 1.